The minimum atomic E-state index is -1.65. The van der Waals surface area contributed by atoms with E-state index in [0.29, 0.717) is 5.69 Å². The van der Waals surface area contributed by atoms with Crippen molar-refractivity contribution in [2.24, 2.45) is 0 Å². The number of nitrogen functional groups attached to an aromatic ring is 1. The molecule has 2 aromatic rings. The minimum absolute atomic E-state index is 0.130. The molecule has 0 aliphatic carbocycles. The first-order valence-corrected chi connectivity index (χ1v) is 7.72. The van der Waals surface area contributed by atoms with Crippen LogP contribution >= 0.6 is 0 Å². The molecule has 0 bridgehead atoms. The van der Waals surface area contributed by atoms with Crippen molar-refractivity contribution in [3.8, 4) is 0 Å². The molecule has 1 fully saturated rings. The van der Waals surface area contributed by atoms with Gasteiger partial charge in [0, 0.05) is 17.6 Å². The van der Waals surface area contributed by atoms with Gasteiger partial charge in [-0.15, -0.1) is 0 Å². The number of benzene rings is 1. The van der Waals surface area contributed by atoms with Crippen molar-refractivity contribution in [1.29, 1.82) is 0 Å². The highest BCUT2D eigenvalue weighted by Gasteiger charge is 2.48. The molecule has 3 rings (SSSR count). The Hall–Kier alpha value is -3.19. The number of anilines is 3. The SMILES string of the molecule is Nc1ccc(N(C(=O)O)[C@@H]2O[C@@H](n3ccc(NO)nc3=O)[C@H](O)[C@@H]2O)cc1. The van der Waals surface area contributed by atoms with E-state index in [0.717, 1.165) is 9.47 Å². The molecule has 1 aromatic carbocycles. The van der Waals surface area contributed by atoms with E-state index in [-0.39, 0.29) is 11.5 Å². The van der Waals surface area contributed by atoms with Gasteiger partial charge in [-0.2, -0.15) is 4.98 Å². The highest BCUT2D eigenvalue weighted by molar-refractivity contribution is 5.87. The predicted octanol–water partition coefficient (Wildman–Crippen LogP) is -0.612. The lowest BCUT2D eigenvalue weighted by Crippen LogP contribution is -2.47. The van der Waals surface area contributed by atoms with Gasteiger partial charge in [0.25, 0.3) is 0 Å². The lowest BCUT2D eigenvalue weighted by molar-refractivity contribution is -0.0391. The molecule has 144 valence electrons. The molecule has 1 aliphatic rings. The lowest BCUT2D eigenvalue weighted by Gasteiger charge is -2.27. The van der Waals surface area contributed by atoms with Crippen LogP contribution in [0.1, 0.15) is 6.23 Å². The van der Waals surface area contributed by atoms with Crippen molar-refractivity contribution < 1.29 is 30.1 Å². The summed E-state index contributed by atoms with van der Waals surface area (Å²) in [5, 5.41) is 38.9. The number of carbonyl (C=O) groups is 1. The largest absolute Gasteiger partial charge is 0.465 e. The van der Waals surface area contributed by atoms with E-state index in [2.05, 4.69) is 4.98 Å². The van der Waals surface area contributed by atoms with Crippen LogP contribution in [0.25, 0.3) is 0 Å². The maximum Gasteiger partial charge on any atom is 0.414 e. The van der Waals surface area contributed by atoms with E-state index in [1.807, 2.05) is 0 Å². The summed E-state index contributed by atoms with van der Waals surface area (Å²) in [6, 6.07) is 6.99. The van der Waals surface area contributed by atoms with Crippen molar-refractivity contribution in [2.75, 3.05) is 16.1 Å². The molecule has 1 aromatic heterocycles. The number of aliphatic hydroxyl groups excluding tert-OH is 2. The number of rotatable bonds is 4. The smallest absolute Gasteiger partial charge is 0.414 e. The number of ether oxygens (including phenoxy) is 1. The monoisotopic (exact) mass is 379 g/mol. The number of hydrogen-bond donors (Lipinski definition) is 6. The highest BCUT2D eigenvalue weighted by Crippen LogP contribution is 2.33. The number of hydrogen-bond acceptors (Lipinski definition) is 9. The van der Waals surface area contributed by atoms with Gasteiger partial charge in [0.2, 0.25) is 0 Å². The molecule has 0 saturated carbocycles. The summed E-state index contributed by atoms with van der Waals surface area (Å²) in [5.41, 5.74) is 6.96. The highest BCUT2D eigenvalue weighted by atomic mass is 16.6. The van der Waals surface area contributed by atoms with E-state index < -0.39 is 36.4 Å². The Labute approximate surface area is 151 Å². The third-order valence-corrected chi connectivity index (χ3v) is 4.06. The molecule has 0 radical (unpaired) electrons. The van der Waals surface area contributed by atoms with Crippen LogP contribution in [0.5, 0.6) is 0 Å². The number of nitrogens with two attached hydrogens (primary N) is 1. The zero-order valence-corrected chi connectivity index (χ0v) is 13.7. The average Bonchev–Trinajstić information content (AvgIpc) is 2.92. The normalized spacial score (nSPS) is 24.6. The van der Waals surface area contributed by atoms with E-state index >= 15 is 0 Å². The van der Waals surface area contributed by atoms with Gasteiger partial charge in [-0.05, 0) is 30.3 Å². The second-order valence-corrected chi connectivity index (χ2v) is 5.76. The van der Waals surface area contributed by atoms with E-state index in [9.17, 15) is 24.9 Å². The average molecular weight is 379 g/mol. The van der Waals surface area contributed by atoms with E-state index in [1.54, 1.807) is 5.48 Å². The van der Waals surface area contributed by atoms with Gasteiger partial charge in [-0.25, -0.2) is 14.5 Å². The summed E-state index contributed by atoms with van der Waals surface area (Å²) < 4.78 is 6.36. The summed E-state index contributed by atoms with van der Waals surface area (Å²) in [5.74, 6) is -0.130. The van der Waals surface area contributed by atoms with Gasteiger partial charge in [0.15, 0.2) is 18.3 Å². The van der Waals surface area contributed by atoms with Gasteiger partial charge >= 0.3 is 11.8 Å². The Morgan fingerprint density at radius 3 is 2.44 bits per heavy atom. The zero-order valence-electron chi connectivity index (χ0n) is 13.7. The molecule has 1 amide bonds. The number of aliphatic hydroxyl groups is 2. The molecule has 4 atom stereocenters. The molecule has 7 N–H and O–H groups in total. The van der Waals surface area contributed by atoms with Gasteiger partial charge in [-0.3, -0.25) is 15.3 Å². The van der Waals surface area contributed by atoms with Crippen LogP contribution < -0.4 is 21.8 Å². The molecule has 12 nitrogen and oxygen atoms in total. The standard InChI is InChI=1S/C15H17N5O7/c16-7-1-3-8(4-2-7)20(15(24)25)13-11(22)10(21)12(27-13)19-6-5-9(18-26)17-14(19)23/h1-6,10-13,21-22,26H,16H2,(H,24,25)(H,17,18,23)/t10-,11+,12-,13-/m1/s1. The lowest BCUT2D eigenvalue weighted by atomic mass is 10.1. The van der Waals surface area contributed by atoms with E-state index in [1.165, 1.54) is 36.5 Å². The Bertz CT molecular complexity index is 887. The van der Waals surface area contributed by atoms with Crippen molar-refractivity contribution >= 4 is 23.3 Å². The first kappa shape index (κ1) is 18.6. The number of nitrogens with one attached hydrogen (secondary N) is 1. The molecule has 12 heteroatoms. The van der Waals surface area contributed by atoms with Crippen LogP contribution in [0.2, 0.25) is 0 Å². The Balaban J connectivity index is 1.94. The topological polar surface area (TPSA) is 183 Å². The van der Waals surface area contributed by atoms with Crippen LogP contribution in [0.4, 0.5) is 22.0 Å². The van der Waals surface area contributed by atoms with Crippen molar-refractivity contribution in [2.45, 2.75) is 24.7 Å². The summed E-state index contributed by atoms with van der Waals surface area (Å²) in [4.78, 5) is 28.0. The first-order valence-electron chi connectivity index (χ1n) is 7.72. The molecule has 1 aliphatic heterocycles. The fourth-order valence-electron chi connectivity index (χ4n) is 2.75. The fourth-order valence-corrected chi connectivity index (χ4v) is 2.75. The second-order valence-electron chi connectivity index (χ2n) is 5.76. The maximum atomic E-state index is 12.0. The number of carboxylic acid groups (broad SMARTS) is 1. The van der Waals surface area contributed by atoms with Crippen LogP contribution in [-0.4, -0.2) is 54.6 Å². The van der Waals surface area contributed by atoms with E-state index in [4.69, 9.17) is 15.7 Å². The predicted molar refractivity (Wildman–Crippen MR) is 91.2 cm³/mol. The molecule has 1 saturated heterocycles. The quantitative estimate of drug-likeness (QED) is 0.296. The molecule has 0 spiro atoms. The summed E-state index contributed by atoms with van der Waals surface area (Å²) in [6.45, 7) is 0. The van der Waals surface area contributed by atoms with Crippen LogP contribution in [0.3, 0.4) is 0 Å². The van der Waals surface area contributed by atoms with Crippen molar-refractivity contribution in [1.82, 2.24) is 9.55 Å². The van der Waals surface area contributed by atoms with Gasteiger partial charge in [-0.1, -0.05) is 0 Å². The molecular weight excluding hydrogens is 362 g/mol. The number of nitrogens with zero attached hydrogens (tertiary/aromatic N) is 3. The fraction of sp³-hybridized carbons (Fsp3) is 0.267. The van der Waals surface area contributed by atoms with Gasteiger partial charge in [0.1, 0.15) is 12.2 Å². The van der Waals surface area contributed by atoms with Crippen LogP contribution in [-0.2, 0) is 4.74 Å². The third kappa shape index (κ3) is 3.41. The Kier molecular flexibility index (Phi) is 4.96. The molecule has 27 heavy (non-hydrogen) atoms. The molecule has 0 unspecified atom stereocenters. The van der Waals surface area contributed by atoms with Crippen molar-refractivity contribution in [3.63, 3.8) is 0 Å². The minimum Gasteiger partial charge on any atom is -0.465 e. The summed E-state index contributed by atoms with van der Waals surface area (Å²) >= 11 is 0. The summed E-state index contributed by atoms with van der Waals surface area (Å²) in [6.07, 6.45) is -6.42. The molecule has 2 heterocycles. The second kappa shape index (κ2) is 7.20. The zero-order chi connectivity index (χ0) is 19.7. The maximum absolute atomic E-state index is 12.0. The van der Waals surface area contributed by atoms with Crippen LogP contribution in [0, 0.1) is 0 Å². The van der Waals surface area contributed by atoms with Crippen molar-refractivity contribution in [3.05, 3.63) is 47.0 Å². The Morgan fingerprint density at radius 2 is 1.89 bits per heavy atom. The Morgan fingerprint density at radius 1 is 1.22 bits per heavy atom. The number of amides is 1. The number of aromatic nitrogens is 2. The summed E-state index contributed by atoms with van der Waals surface area (Å²) in [7, 11) is 0. The molecular formula is C15H17N5O7. The van der Waals surface area contributed by atoms with Crippen LogP contribution in [0.15, 0.2) is 41.3 Å². The first-order chi connectivity index (χ1) is 12.8. The van der Waals surface area contributed by atoms with Gasteiger partial charge < -0.3 is 25.8 Å². The third-order valence-electron chi connectivity index (χ3n) is 4.06. The van der Waals surface area contributed by atoms with Gasteiger partial charge in [0.05, 0.1) is 0 Å².